The third-order valence-corrected chi connectivity index (χ3v) is 8.87. The molecule has 0 aromatic heterocycles. The Kier molecular flexibility index (Phi) is 7.71. The van der Waals surface area contributed by atoms with Crippen LogP contribution in [0.2, 0.25) is 0 Å². The minimum atomic E-state index is -3.39. The Hall–Kier alpha value is -0.870. The second-order valence-electron chi connectivity index (χ2n) is 9.18. The Bertz CT molecular complexity index is 852. The molecule has 4 rings (SSSR count). The quantitative estimate of drug-likeness (QED) is 0.356. The molecule has 6 nitrogen and oxygen atoms in total. The highest BCUT2D eigenvalue weighted by Crippen LogP contribution is 2.47. The minimum Gasteiger partial charge on any atom is -0.352 e. The van der Waals surface area contributed by atoms with E-state index in [2.05, 4.69) is 22.1 Å². The van der Waals surface area contributed by atoms with Gasteiger partial charge in [-0.05, 0) is 61.1 Å². The number of sulfonamides is 1. The number of nitrogens with zero attached hydrogens (tertiary/aromatic N) is 3. The smallest absolute Gasteiger partial charge is 0.243 e. The van der Waals surface area contributed by atoms with Gasteiger partial charge in [0.1, 0.15) is 0 Å². The Morgan fingerprint density at radius 3 is 2.47 bits per heavy atom. The molecule has 2 heterocycles. The van der Waals surface area contributed by atoms with Gasteiger partial charge >= 0.3 is 0 Å². The largest absolute Gasteiger partial charge is 0.352 e. The molecular weight excluding hydrogens is 511 g/mol. The van der Waals surface area contributed by atoms with Crippen LogP contribution < -0.4 is 5.32 Å². The Labute approximate surface area is 198 Å². The second-order valence-corrected chi connectivity index (χ2v) is 11.1. The van der Waals surface area contributed by atoms with E-state index in [1.807, 2.05) is 19.2 Å². The van der Waals surface area contributed by atoms with Crippen LogP contribution in [-0.2, 0) is 16.6 Å². The van der Waals surface area contributed by atoms with Crippen molar-refractivity contribution in [3.63, 3.8) is 0 Å². The summed E-state index contributed by atoms with van der Waals surface area (Å²) in [6, 6.07) is 7.32. The summed E-state index contributed by atoms with van der Waals surface area (Å²) in [6.45, 7) is 6.21. The summed E-state index contributed by atoms with van der Waals surface area (Å²) >= 11 is 0. The molecular formula is C22H35IN4O2S. The zero-order valence-corrected chi connectivity index (χ0v) is 21.3. The maximum absolute atomic E-state index is 12.9. The lowest BCUT2D eigenvalue weighted by molar-refractivity contribution is 0.151. The van der Waals surface area contributed by atoms with Crippen LogP contribution >= 0.6 is 24.0 Å². The average Bonchev–Trinajstić information content (AvgIpc) is 3.15. The van der Waals surface area contributed by atoms with Crippen molar-refractivity contribution < 1.29 is 8.42 Å². The van der Waals surface area contributed by atoms with Gasteiger partial charge in [0.25, 0.3) is 0 Å². The first-order valence-corrected chi connectivity index (χ1v) is 12.4. The standard InChI is InChI=1S/C22H34N4O2S.HI/c1-18-5-3-13-26(16-18)29(27,28)20-8-6-19(7-9-20)15-24-21(23-2)25-14-12-22(17-25)10-4-11-22;/h6-9,18H,3-5,10-17H2,1-2H3,(H,23,24);1H. The zero-order chi connectivity index (χ0) is 20.5. The number of hydrogen-bond acceptors (Lipinski definition) is 3. The molecule has 8 heteroatoms. The van der Waals surface area contributed by atoms with Gasteiger partial charge in [-0.2, -0.15) is 4.31 Å². The third kappa shape index (κ3) is 4.96. The number of rotatable bonds is 4. The summed E-state index contributed by atoms with van der Waals surface area (Å²) in [5.41, 5.74) is 1.61. The van der Waals surface area contributed by atoms with E-state index in [9.17, 15) is 8.42 Å². The lowest BCUT2D eigenvalue weighted by atomic mass is 9.68. The molecule has 30 heavy (non-hydrogen) atoms. The first kappa shape index (κ1) is 23.8. The van der Waals surface area contributed by atoms with Crippen LogP contribution in [0.1, 0.15) is 51.0 Å². The molecule has 1 spiro atoms. The van der Waals surface area contributed by atoms with Crippen molar-refractivity contribution in [3.8, 4) is 0 Å². The summed E-state index contributed by atoms with van der Waals surface area (Å²) in [5.74, 6) is 1.38. The van der Waals surface area contributed by atoms with Crippen LogP contribution in [0.25, 0.3) is 0 Å². The van der Waals surface area contributed by atoms with Gasteiger partial charge in [-0.3, -0.25) is 4.99 Å². The predicted molar refractivity (Wildman–Crippen MR) is 132 cm³/mol. The van der Waals surface area contributed by atoms with Gasteiger partial charge in [0.2, 0.25) is 10.0 Å². The maximum Gasteiger partial charge on any atom is 0.243 e. The van der Waals surface area contributed by atoms with E-state index < -0.39 is 10.0 Å². The van der Waals surface area contributed by atoms with Gasteiger partial charge in [-0.15, -0.1) is 24.0 Å². The van der Waals surface area contributed by atoms with E-state index in [1.54, 1.807) is 16.4 Å². The van der Waals surface area contributed by atoms with Gasteiger partial charge in [0, 0.05) is 39.8 Å². The highest BCUT2D eigenvalue weighted by Gasteiger charge is 2.43. The molecule has 1 atom stereocenters. The van der Waals surface area contributed by atoms with Crippen molar-refractivity contribution in [1.29, 1.82) is 0 Å². The lowest BCUT2D eigenvalue weighted by Crippen LogP contribution is -2.42. The van der Waals surface area contributed by atoms with Crippen LogP contribution in [0.5, 0.6) is 0 Å². The monoisotopic (exact) mass is 546 g/mol. The van der Waals surface area contributed by atoms with Crippen LogP contribution in [0.3, 0.4) is 0 Å². The molecule has 0 bridgehead atoms. The fourth-order valence-corrected chi connectivity index (χ4v) is 6.61. The molecule has 168 valence electrons. The summed E-state index contributed by atoms with van der Waals surface area (Å²) in [7, 11) is -1.55. The van der Waals surface area contributed by atoms with Gasteiger partial charge in [0.15, 0.2) is 5.96 Å². The molecule has 2 saturated heterocycles. The fraction of sp³-hybridized carbons (Fsp3) is 0.682. The number of nitrogens with one attached hydrogen (secondary N) is 1. The van der Waals surface area contributed by atoms with Crippen LogP contribution in [0.4, 0.5) is 0 Å². The van der Waals surface area contributed by atoms with Crippen molar-refractivity contribution in [2.24, 2.45) is 16.3 Å². The molecule has 1 saturated carbocycles. The van der Waals surface area contributed by atoms with Gasteiger partial charge in [-0.1, -0.05) is 25.5 Å². The molecule has 0 radical (unpaired) electrons. The number of halogens is 1. The van der Waals surface area contributed by atoms with Crippen molar-refractivity contribution in [2.45, 2.75) is 56.9 Å². The topological polar surface area (TPSA) is 65.0 Å². The number of likely N-dealkylation sites (tertiary alicyclic amines) is 1. The van der Waals surface area contributed by atoms with Crippen molar-refractivity contribution in [2.75, 3.05) is 33.2 Å². The summed E-state index contributed by atoms with van der Waals surface area (Å²) in [6.07, 6.45) is 7.40. The number of piperidine rings is 1. The SMILES string of the molecule is CN=C(NCc1ccc(S(=O)(=O)N2CCCC(C)C2)cc1)N1CCC2(CCC2)C1.I. The van der Waals surface area contributed by atoms with E-state index in [0.717, 1.165) is 37.5 Å². The number of guanidine groups is 1. The molecule has 1 aromatic rings. The molecule has 1 aromatic carbocycles. The third-order valence-electron chi connectivity index (χ3n) is 7.00. The Balaban J connectivity index is 0.00000256. The average molecular weight is 547 g/mol. The van der Waals surface area contributed by atoms with E-state index in [0.29, 0.717) is 35.9 Å². The van der Waals surface area contributed by atoms with Crippen LogP contribution in [0.15, 0.2) is 34.2 Å². The normalized spacial score (nSPS) is 24.4. The fourth-order valence-electron chi connectivity index (χ4n) is 5.01. The van der Waals surface area contributed by atoms with Crippen molar-refractivity contribution in [3.05, 3.63) is 29.8 Å². The van der Waals surface area contributed by atoms with E-state index >= 15 is 0 Å². The summed E-state index contributed by atoms with van der Waals surface area (Å²) in [5, 5.41) is 3.46. The minimum absolute atomic E-state index is 0. The van der Waals surface area contributed by atoms with Crippen LogP contribution in [-0.4, -0.2) is 56.8 Å². The molecule has 2 aliphatic heterocycles. The number of aliphatic imine (C=N–C) groups is 1. The lowest BCUT2D eigenvalue weighted by Gasteiger charge is -2.38. The predicted octanol–water partition coefficient (Wildman–Crippen LogP) is 3.68. The van der Waals surface area contributed by atoms with Crippen molar-refractivity contribution >= 4 is 40.0 Å². The number of hydrogen-bond donors (Lipinski definition) is 1. The Morgan fingerprint density at radius 2 is 1.90 bits per heavy atom. The van der Waals surface area contributed by atoms with Gasteiger partial charge in [0.05, 0.1) is 4.90 Å². The highest BCUT2D eigenvalue weighted by molar-refractivity contribution is 14.0. The first-order valence-electron chi connectivity index (χ1n) is 11.0. The van der Waals surface area contributed by atoms with E-state index in [-0.39, 0.29) is 24.0 Å². The molecule has 3 fully saturated rings. The summed E-state index contributed by atoms with van der Waals surface area (Å²) in [4.78, 5) is 7.23. The molecule has 1 aliphatic carbocycles. The Morgan fingerprint density at radius 1 is 1.17 bits per heavy atom. The second kappa shape index (κ2) is 9.73. The zero-order valence-electron chi connectivity index (χ0n) is 18.1. The molecule has 3 aliphatic rings. The highest BCUT2D eigenvalue weighted by atomic mass is 127. The summed E-state index contributed by atoms with van der Waals surface area (Å²) < 4.78 is 27.5. The van der Waals surface area contributed by atoms with Crippen molar-refractivity contribution in [1.82, 2.24) is 14.5 Å². The number of benzene rings is 1. The molecule has 0 amide bonds. The first-order chi connectivity index (χ1) is 13.9. The van der Waals surface area contributed by atoms with E-state index in [1.165, 1.54) is 25.7 Å². The molecule has 1 unspecified atom stereocenters. The maximum atomic E-state index is 12.9. The molecule has 1 N–H and O–H groups in total. The van der Waals surface area contributed by atoms with Crippen LogP contribution in [0, 0.1) is 11.3 Å². The van der Waals surface area contributed by atoms with Gasteiger partial charge < -0.3 is 10.2 Å². The van der Waals surface area contributed by atoms with Gasteiger partial charge in [-0.25, -0.2) is 8.42 Å². The van der Waals surface area contributed by atoms with E-state index in [4.69, 9.17) is 0 Å².